The van der Waals surface area contributed by atoms with Crippen molar-refractivity contribution in [2.45, 2.75) is 72.8 Å². The van der Waals surface area contributed by atoms with E-state index in [-0.39, 0.29) is 0 Å². The first-order valence-electron chi connectivity index (χ1n) is 7.30. The van der Waals surface area contributed by atoms with Gasteiger partial charge in [-0.15, -0.1) is 0 Å². The van der Waals surface area contributed by atoms with Crippen molar-refractivity contribution in [1.29, 1.82) is 5.26 Å². The van der Waals surface area contributed by atoms with Gasteiger partial charge in [0.25, 0.3) is 0 Å². The van der Waals surface area contributed by atoms with E-state index in [0.29, 0.717) is 17.3 Å². The molecule has 18 heavy (non-hydrogen) atoms. The van der Waals surface area contributed by atoms with Gasteiger partial charge in [-0.2, -0.15) is 5.26 Å². The third-order valence-electron chi connectivity index (χ3n) is 4.66. The quantitative estimate of drug-likeness (QED) is 0.819. The van der Waals surface area contributed by atoms with E-state index >= 15 is 0 Å². The number of nitrogens with zero attached hydrogens (tertiary/aromatic N) is 1. The molecule has 0 aromatic carbocycles. The second-order valence-electron chi connectivity index (χ2n) is 7.55. The molecule has 1 aliphatic rings. The van der Waals surface area contributed by atoms with Gasteiger partial charge < -0.3 is 5.11 Å². The molecule has 1 N–H and O–H groups in total. The molecule has 1 fully saturated rings. The molecule has 104 valence electrons. The molecule has 0 heterocycles. The lowest BCUT2D eigenvalue weighted by Gasteiger charge is -2.43. The minimum atomic E-state index is -0.480. The number of hydrogen-bond donors (Lipinski definition) is 1. The molecule has 1 saturated carbocycles. The van der Waals surface area contributed by atoms with Crippen LogP contribution in [0.1, 0.15) is 66.7 Å². The standard InChI is InChI=1S/C16H29NO/c1-12(2)10-14(18)16(11-17)8-6-13(7-9-16)15(3,4)5/h12-14,18H,6-10H2,1-5H3. The van der Waals surface area contributed by atoms with Crippen molar-refractivity contribution in [3.8, 4) is 6.07 Å². The summed E-state index contributed by atoms with van der Waals surface area (Å²) in [6.45, 7) is 11.1. The Morgan fingerprint density at radius 2 is 1.78 bits per heavy atom. The predicted octanol–water partition coefficient (Wildman–Crippen LogP) is 4.14. The highest BCUT2D eigenvalue weighted by Gasteiger charge is 2.43. The highest BCUT2D eigenvalue weighted by molar-refractivity contribution is 5.06. The summed E-state index contributed by atoms with van der Waals surface area (Å²) in [7, 11) is 0. The molecule has 0 aromatic heterocycles. The summed E-state index contributed by atoms with van der Waals surface area (Å²) in [5.41, 5.74) is -0.156. The molecule has 2 nitrogen and oxygen atoms in total. The van der Waals surface area contributed by atoms with Crippen molar-refractivity contribution in [3.63, 3.8) is 0 Å². The molecule has 0 aliphatic heterocycles. The van der Waals surface area contributed by atoms with Gasteiger partial charge in [0.2, 0.25) is 0 Å². The van der Waals surface area contributed by atoms with Crippen molar-refractivity contribution >= 4 is 0 Å². The SMILES string of the molecule is CC(C)CC(O)C1(C#N)CCC(C(C)(C)C)CC1. The summed E-state index contributed by atoms with van der Waals surface area (Å²) in [5.74, 6) is 1.13. The van der Waals surface area contributed by atoms with Gasteiger partial charge in [-0.05, 0) is 49.4 Å². The number of nitriles is 1. The van der Waals surface area contributed by atoms with Gasteiger partial charge in [0.1, 0.15) is 0 Å². The summed E-state index contributed by atoms with van der Waals surface area (Å²) in [6.07, 6.45) is 4.16. The first-order valence-corrected chi connectivity index (χ1v) is 7.30. The molecule has 1 rings (SSSR count). The van der Waals surface area contributed by atoms with Crippen LogP contribution in [0.25, 0.3) is 0 Å². The van der Waals surface area contributed by atoms with E-state index in [9.17, 15) is 10.4 Å². The number of rotatable bonds is 3. The van der Waals surface area contributed by atoms with Crippen LogP contribution in [0.4, 0.5) is 0 Å². The zero-order valence-corrected chi connectivity index (χ0v) is 12.7. The van der Waals surface area contributed by atoms with Crippen LogP contribution in [0.15, 0.2) is 0 Å². The molecule has 0 radical (unpaired) electrons. The lowest BCUT2D eigenvalue weighted by atomic mass is 9.62. The van der Waals surface area contributed by atoms with E-state index in [4.69, 9.17) is 0 Å². The average Bonchev–Trinajstić information content (AvgIpc) is 2.27. The molecule has 1 unspecified atom stereocenters. The summed E-state index contributed by atoms with van der Waals surface area (Å²) in [4.78, 5) is 0. The van der Waals surface area contributed by atoms with Gasteiger partial charge in [-0.1, -0.05) is 34.6 Å². The Morgan fingerprint density at radius 3 is 2.11 bits per heavy atom. The molecule has 1 atom stereocenters. The van der Waals surface area contributed by atoms with Crippen LogP contribution in [-0.4, -0.2) is 11.2 Å². The predicted molar refractivity (Wildman–Crippen MR) is 74.9 cm³/mol. The zero-order chi connectivity index (χ0) is 14.0. The van der Waals surface area contributed by atoms with Crippen molar-refractivity contribution < 1.29 is 5.11 Å². The highest BCUT2D eigenvalue weighted by atomic mass is 16.3. The first kappa shape index (κ1) is 15.5. The van der Waals surface area contributed by atoms with Crippen LogP contribution in [0.3, 0.4) is 0 Å². The number of aliphatic hydroxyl groups is 1. The average molecular weight is 251 g/mol. The molecule has 0 spiro atoms. The summed E-state index contributed by atoms with van der Waals surface area (Å²) in [6, 6.07) is 2.44. The fourth-order valence-electron chi connectivity index (χ4n) is 3.19. The molecular weight excluding hydrogens is 222 g/mol. The third-order valence-corrected chi connectivity index (χ3v) is 4.66. The highest BCUT2D eigenvalue weighted by Crippen LogP contribution is 2.47. The molecule has 0 bridgehead atoms. The fraction of sp³-hybridized carbons (Fsp3) is 0.938. The van der Waals surface area contributed by atoms with Crippen LogP contribution in [0, 0.1) is 34.0 Å². The van der Waals surface area contributed by atoms with Gasteiger partial charge in [0, 0.05) is 0 Å². The topological polar surface area (TPSA) is 44.0 Å². The van der Waals surface area contributed by atoms with Gasteiger partial charge in [-0.25, -0.2) is 0 Å². The second-order valence-corrected chi connectivity index (χ2v) is 7.55. The largest absolute Gasteiger partial charge is 0.391 e. The minimum absolute atomic E-state index is 0.324. The summed E-state index contributed by atoms with van der Waals surface area (Å²) in [5, 5.41) is 19.9. The Kier molecular flexibility index (Phi) is 4.84. The maximum Gasteiger partial charge on any atom is 0.0832 e. The van der Waals surface area contributed by atoms with E-state index in [0.717, 1.165) is 32.1 Å². The normalized spacial score (nSPS) is 31.1. The Bertz CT molecular complexity index is 300. The molecule has 0 saturated heterocycles. The maximum absolute atomic E-state index is 10.4. The van der Waals surface area contributed by atoms with E-state index in [1.807, 2.05) is 0 Å². The van der Waals surface area contributed by atoms with Crippen LogP contribution in [-0.2, 0) is 0 Å². The molecule has 0 amide bonds. The van der Waals surface area contributed by atoms with Gasteiger partial charge in [-0.3, -0.25) is 0 Å². The van der Waals surface area contributed by atoms with E-state index in [2.05, 4.69) is 40.7 Å². The Labute approximate surface area is 112 Å². The zero-order valence-electron chi connectivity index (χ0n) is 12.7. The summed E-state index contributed by atoms with van der Waals surface area (Å²) >= 11 is 0. The van der Waals surface area contributed by atoms with Gasteiger partial charge in [0.15, 0.2) is 0 Å². The first-order chi connectivity index (χ1) is 8.21. The second kappa shape index (κ2) is 5.61. The smallest absolute Gasteiger partial charge is 0.0832 e. The van der Waals surface area contributed by atoms with Crippen LogP contribution in [0.2, 0.25) is 0 Å². The molecule has 1 aliphatic carbocycles. The Morgan fingerprint density at radius 1 is 1.28 bits per heavy atom. The Balaban J connectivity index is 2.69. The Hall–Kier alpha value is -0.550. The van der Waals surface area contributed by atoms with Crippen LogP contribution in [0.5, 0.6) is 0 Å². The van der Waals surface area contributed by atoms with Crippen LogP contribution < -0.4 is 0 Å². The van der Waals surface area contributed by atoms with Gasteiger partial charge in [0.05, 0.1) is 17.6 Å². The van der Waals surface area contributed by atoms with Crippen molar-refractivity contribution in [2.24, 2.45) is 22.7 Å². The monoisotopic (exact) mass is 251 g/mol. The van der Waals surface area contributed by atoms with Crippen molar-refractivity contribution in [1.82, 2.24) is 0 Å². The van der Waals surface area contributed by atoms with Crippen molar-refractivity contribution in [2.75, 3.05) is 0 Å². The van der Waals surface area contributed by atoms with E-state index in [1.54, 1.807) is 0 Å². The number of aliphatic hydroxyl groups excluding tert-OH is 1. The molecule has 0 aromatic rings. The molecular formula is C16H29NO. The minimum Gasteiger partial charge on any atom is -0.391 e. The van der Waals surface area contributed by atoms with Gasteiger partial charge >= 0.3 is 0 Å². The van der Waals surface area contributed by atoms with E-state index < -0.39 is 11.5 Å². The molecule has 2 heteroatoms. The van der Waals surface area contributed by atoms with E-state index in [1.165, 1.54) is 0 Å². The fourth-order valence-corrected chi connectivity index (χ4v) is 3.19. The number of hydrogen-bond acceptors (Lipinski definition) is 2. The lowest BCUT2D eigenvalue weighted by Crippen LogP contribution is -2.40. The summed E-state index contributed by atoms with van der Waals surface area (Å²) < 4.78 is 0. The third kappa shape index (κ3) is 3.48. The maximum atomic E-state index is 10.4. The lowest BCUT2D eigenvalue weighted by molar-refractivity contribution is -0.00145. The van der Waals surface area contributed by atoms with Crippen LogP contribution >= 0.6 is 0 Å². The van der Waals surface area contributed by atoms with Crippen molar-refractivity contribution in [3.05, 3.63) is 0 Å².